The molecule has 3 rings (SSSR count). The Balaban J connectivity index is 1.96. The molecule has 3 aliphatic rings. The minimum atomic E-state index is -0.467. The van der Waals surface area contributed by atoms with E-state index in [-0.39, 0.29) is 29.4 Å². The zero-order valence-electron chi connectivity index (χ0n) is 13.2. The molecule has 1 N–H and O–H groups in total. The molecule has 5 nitrogen and oxygen atoms in total. The van der Waals surface area contributed by atoms with Crippen LogP contribution in [0.2, 0.25) is 0 Å². The van der Waals surface area contributed by atoms with Crippen molar-refractivity contribution in [2.75, 3.05) is 13.1 Å². The first-order chi connectivity index (χ1) is 9.17. The largest absolute Gasteiger partial charge is 0.441 e. The van der Waals surface area contributed by atoms with Gasteiger partial charge in [-0.2, -0.15) is 0 Å². The van der Waals surface area contributed by atoms with Gasteiger partial charge in [-0.15, -0.1) is 0 Å². The molecule has 5 heteroatoms. The van der Waals surface area contributed by atoms with E-state index < -0.39 is 5.60 Å². The molecule has 3 heterocycles. The lowest BCUT2D eigenvalue weighted by Gasteiger charge is -2.42. The van der Waals surface area contributed by atoms with Crippen molar-refractivity contribution in [3.05, 3.63) is 0 Å². The van der Waals surface area contributed by atoms with Crippen LogP contribution in [0.5, 0.6) is 0 Å². The summed E-state index contributed by atoms with van der Waals surface area (Å²) < 4.78 is 12.0. The maximum Gasteiger partial charge on any atom is 0.410 e. The van der Waals surface area contributed by atoms with Crippen molar-refractivity contribution in [3.63, 3.8) is 0 Å². The lowest BCUT2D eigenvalue weighted by molar-refractivity contribution is -0.144. The summed E-state index contributed by atoms with van der Waals surface area (Å²) in [5, 5.41) is 3.58. The zero-order chi connectivity index (χ0) is 14.8. The van der Waals surface area contributed by atoms with Crippen LogP contribution in [0.25, 0.3) is 0 Å². The summed E-state index contributed by atoms with van der Waals surface area (Å²) in [6.45, 7) is 11.9. The van der Waals surface area contributed by atoms with Gasteiger partial charge in [-0.05, 0) is 40.5 Å². The van der Waals surface area contributed by atoms with Gasteiger partial charge in [-0.25, -0.2) is 4.79 Å². The third kappa shape index (κ3) is 1.94. The molecule has 0 aromatic heterocycles. The van der Waals surface area contributed by atoms with Gasteiger partial charge in [0.15, 0.2) is 0 Å². The van der Waals surface area contributed by atoms with E-state index in [1.54, 1.807) is 0 Å². The number of rotatable bonds is 0. The van der Waals surface area contributed by atoms with E-state index in [1.807, 2.05) is 18.7 Å². The third-order valence-corrected chi connectivity index (χ3v) is 5.18. The monoisotopic (exact) mass is 282 g/mol. The number of hydrogen-bond donors (Lipinski definition) is 1. The lowest BCUT2D eigenvalue weighted by Crippen LogP contribution is -2.57. The minimum Gasteiger partial charge on any atom is -0.441 e. The fraction of sp³-hybridized carbons (Fsp3) is 0.933. The summed E-state index contributed by atoms with van der Waals surface area (Å²) in [6.07, 6.45) is 1.82. The predicted molar refractivity (Wildman–Crippen MR) is 75.3 cm³/mol. The van der Waals surface area contributed by atoms with Crippen LogP contribution in [0.15, 0.2) is 0 Å². The number of hydrogen-bond acceptors (Lipinski definition) is 4. The summed E-state index contributed by atoms with van der Waals surface area (Å²) in [7, 11) is 0. The molecule has 0 aliphatic carbocycles. The van der Waals surface area contributed by atoms with Gasteiger partial charge in [0, 0.05) is 19.0 Å². The molecular weight excluding hydrogens is 256 g/mol. The van der Waals surface area contributed by atoms with Crippen LogP contribution in [0.3, 0.4) is 0 Å². The van der Waals surface area contributed by atoms with Gasteiger partial charge in [-0.1, -0.05) is 6.92 Å². The number of ether oxygens (including phenoxy) is 2. The van der Waals surface area contributed by atoms with Crippen LogP contribution < -0.4 is 5.32 Å². The lowest BCUT2D eigenvalue weighted by atomic mass is 9.80. The molecule has 3 aliphatic heterocycles. The molecule has 1 amide bonds. The third-order valence-electron chi connectivity index (χ3n) is 5.18. The summed E-state index contributed by atoms with van der Waals surface area (Å²) in [5.74, 6) is 0.188. The molecular formula is C15H26N2O3. The second-order valence-electron chi connectivity index (χ2n) is 7.58. The van der Waals surface area contributed by atoms with E-state index in [0.717, 1.165) is 19.4 Å². The van der Waals surface area contributed by atoms with Crippen LogP contribution >= 0.6 is 0 Å². The molecule has 1 spiro atoms. The highest BCUT2D eigenvalue weighted by atomic mass is 16.6. The quantitative estimate of drug-likeness (QED) is 0.739. The fourth-order valence-corrected chi connectivity index (χ4v) is 4.27. The smallest absolute Gasteiger partial charge is 0.410 e. The topological polar surface area (TPSA) is 50.8 Å². The molecule has 20 heavy (non-hydrogen) atoms. The van der Waals surface area contributed by atoms with Gasteiger partial charge in [0.1, 0.15) is 11.3 Å². The standard InChI is InChI=1S/C15H26N2O3/c1-10-11-14(4,5)19-12(18)17(11)9-8-16-15(10)7-6-13(2,3)20-15/h10-11,16H,6-9H2,1-5H3. The molecule has 0 aromatic carbocycles. The summed E-state index contributed by atoms with van der Waals surface area (Å²) in [4.78, 5) is 14.0. The first-order valence-electron chi connectivity index (χ1n) is 7.62. The highest BCUT2D eigenvalue weighted by molar-refractivity contribution is 5.71. The van der Waals surface area contributed by atoms with Crippen molar-refractivity contribution < 1.29 is 14.3 Å². The van der Waals surface area contributed by atoms with Crippen molar-refractivity contribution in [1.82, 2.24) is 10.2 Å². The second-order valence-corrected chi connectivity index (χ2v) is 7.58. The second kappa shape index (κ2) is 4.10. The van der Waals surface area contributed by atoms with E-state index in [2.05, 4.69) is 26.1 Å². The van der Waals surface area contributed by atoms with Gasteiger partial charge in [0.25, 0.3) is 0 Å². The van der Waals surface area contributed by atoms with Gasteiger partial charge in [-0.3, -0.25) is 10.2 Å². The number of fused-ring (bicyclic) bond motifs is 1. The van der Waals surface area contributed by atoms with Crippen LogP contribution in [0, 0.1) is 5.92 Å². The number of amides is 1. The van der Waals surface area contributed by atoms with E-state index in [0.29, 0.717) is 6.54 Å². The van der Waals surface area contributed by atoms with E-state index >= 15 is 0 Å². The zero-order valence-corrected chi connectivity index (χ0v) is 13.2. The van der Waals surface area contributed by atoms with Crippen molar-refractivity contribution in [2.24, 2.45) is 5.92 Å². The summed E-state index contributed by atoms with van der Waals surface area (Å²) in [5.41, 5.74) is -0.913. The molecule has 3 fully saturated rings. The average molecular weight is 282 g/mol. The first kappa shape index (κ1) is 14.1. The van der Waals surface area contributed by atoms with Gasteiger partial charge < -0.3 is 9.47 Å². The Hall–Kier alpha value is -0.810. The molecule has 0 bridgehead atoms. The van der Waals surface area contributed by atoms with Crippen LogP contribution in [0.1, 0.15) is 47.5 Å². The number of cyclic esters (lactones) is 1. The maximum atomic E-state index is 12.1. The maximum absolute atomic E-state index is 12.1. The highest BCUT2D eigenvalue weighted by Gasteiger charge is 2.59. The highest BCUT2D eigenvalue weighted by Crippen LogP contribution is 2.47. The van der Waals surface area contributed by atoms with Crippen molar-refractivity contribution in [3.8, 4) is 0 Å². The fourth-order valence-electron chi connectivity index (χ4n) is 4.27. The van der Waals surface area contributed by atoms with E-state index in [4.69, 9.17) is 9.47 Å². The minimum absolute atomic E-state index is 0.0545. The van der Waals surface area contributed by atoms with Crippen LogP contribution in [-0.4, -0.2) is 47.1 Å². The summed E-state index contributed by atoms with van der Waals surface area (Å²) in [6, 6.07) is 0.0545. The molecule has 0 saturated carbocycles. The molecule has 3 unspecified atom stereocenters. The number of carbonyl (C=O) groups excluding carboxylic acids is 1. The SMILES string of the molecule is CC1C2N(CCNC13CCC(C)(C)O3)C(=O)OC2(C)C. The Labute approximate surface area is 121 Å². The van der Waals surface area contributed by atoms with Crippen molar-refractivity contribution in [1.29, 1.82) is 0 Å². The molecule has 3 atom stereocenters. The van der Waals surface area contributed by atoms with Gasteiger partial charge >= 0.3 is 6.09 Å². The number of nitrogens with one attached hydrogen (secondary N) is 1. The Morgan fingerprint density at radius 2 is 1.95 bits per heavy atom. The molecule has 0 aromatic rings. The van der Waals surface area contributed by atoms with Gasteiger partial charge in [0.2, 0.25) is 0 Å². The van der Waals surface area contributed by atoms with Crippen molar-refractivity contribution >= 4 is 6.09 Å². The summed E-state index contributed by atoms with van der Waals surface area (Å²) >= 11 is 0. The molecule has 0 radical (unpaired) electrons. The van der Waals surface area contributed by atoms with Gasteiger partial charge in [0.05, 0.1) is 11.6 Å². The normalized spacial score (nSPS) is 42.5. The average Bonchev–Trinajstić information content (AvgIpc) is 2.67. The van der Waals surface area contributed by atoms with Crippen LogP contribution in [0.4, 0.5) is 4.79 Å². The Morgan fingerprint density at radius 3 is 2.55 bits per heavy atom. The van der Waals surface area contributed by atoms with Crippen molar-refractivity contribution in [2.45, 2.75) is 70.4 Å². The molecule has 3 saturated heterocycles. The number of nitrogens with zero attached hydrogens (tertiary/aromatic N) is 1. The Kier molecular flexibility index (Phi) is 2.90. The molecule has 114 valence electrons. The van der Waals surface area contributed by atoms with E-state index in [1.165, 1.54) is 0 Å². The van der Waals surface area contributed by atoms with E-state index in [9.17, 15) is 4.79 Å². The number of carbonyl (C=O) groups is 1. The first-order valence-corrected chi connectivity index (χ1v) is 7.62. The Bertz CT molecular complexity index is 435. The predicted octanol–water partition coefficient (Wildman–Crippen LogP) is 2.11. The Morgan fingerprint density at radius 1 is 1.25 bits per heavy atom. The van der Waals surface area contributed by atoms with Crippen LogP contribution in [-0.2, 0) is 9.47 Å².